The van der Waals surface area contributed by atoms with Crippen LogP contribution in [0.25, 0.3) is 0 Å². The average molecular weight is 576 g/mol. The largest absolute Gasteiger partial charge is 0.462 e. The van der Waals surface area contributed by atoms with Crippen molar-refractivity contribution in [2.75, 3.05) is 6.61 Å². The van der Waals surface area contributed by atoms with Crippen LogP contribution in [0.4, 0.5) is 4.39 Å². The Kier molecular flexibility index (Phi) is 10.8. The summed E-state index contributed by atoms with van der Waals surface area (Å²) in [5.74, 6) is -0.607. The first kappa shape index (κ1) is 31.2. The number of terminal acetylenes is 1. The van der Waals surface area contributed by atoms with E-state index in [4.69, 9.17) is 30.1 Å². The van der Waals surface area contributed by atoms with Crippen LogP contribution in [0.1, 0.15) is 27.0 Å². The van der Waals surface area contributed by atoms with Crippen molar-refractivity contribution in [3.05, 3.63) is 63.4 Å². The number of hydrogen-bond acceptors (Lipinski definition) is 9. The number of H-pyrrole nitrogens is 1. The number of rotatable bonds is 10. The number of aromatic nitrogens is 2. The molecule has 0 aliphatic carbocycles. The van der Waals surface area contributed by atoms with Gasteiger partial charge in [0, 0.05) is 12.3 Å². The lowest BCUT2D eigenvalue weighted by atomic mass is 10.1. The highest BCUT2D eigenvalue weighted by Crippen LogP contribution is 2.48. The topological polar surface area (TPSA) is 158 Å². The molecule has 0 radical (unpaired) electrons. The van der Waals surface area contributed by atoms with Crippen molar-refractivity contribution in [1.82, 2.24) is 14.6 Å². The molecule has 0 bridgehead atoms. The van der Waals surface area contributed by atoms with Crippen molar-refractivity contribution in [3.63, 3.8) is 0 Å². The zero-order valence-corrected chi connectivity index (χ0v) is 22.3. The standard InChI is InChI=1S/C21H26ClFN3O9P.C2H2/c1-12(2)33-18(29)13(3)25-36(31,35-14-7-5-4-6-8-14)32-11-15-17(28)21(22,23)19(34-15)26-10-9-16(27)24-20(26)30;1-2/h4-10,12-13,15,17,19,28H,11H2,1-3H3,(H,25,31)(H,24,27,30);1-2H/t13-,15+,17+,19+,21+,36?;/m0./s1. The summed E-state index contributed by atoms with van der Waals surface area (Å²) in [4.78, 5) is 37.6. The van der Waals surface area contributed by atoms with Crippen molar-refractivity contribution < 1.29 is 37.4 Å². The van der Waals surface area contributed by atoms with Gasteiger partial charge in [0.25, 0.3) is 10.7 Å². The van der Waals surface area contributed by atoms with E-state index in [1.54, 1.807) is 32.0 Å². The fraction of sp³-hybridized carbons (Fsp3) is 0.435. The number of carbonyl (C=O) groups is 1. The second-order valence-electron chi connectivity index (χ2n) is 8.20. The SMILES string of the molecule is C#C.CC(C)OC(=O)[C@H](C)NP(=O)(OC[C@H]1O[C@@H](n2ccc(=O)[nH]c2=O)[C@@](F)(Cl)[C@@H]1O)Oc1ccccc1. The molecule has 3 N–H and O–H groups in total. The second-order valence-corrected chi connectivity index (χ2v) is 10.5. The summed E-state index contributed by atoms with van der Waals surface area (Å²) in [6.07, 6.45) is 3.09. The minimum Gasteiger partial charge on any atom is -0.462 e. The van der Waals surface area contributed by atoms with E-state index in [1.807, 2.05) is 4.98 Å². The zero-order valence-electron chi connectivity index (χ0n) is 20.7. The second kappa shape index (κ2) is 13.2. The monoisotopic (exact) mass is 575 g/mol. The minimum atomic E-state index is -4.35. The van der Waals surface area contributed by atoms with E-state index in [1.165, 1.54) is 19.1 Å². The van der Waals surface area contributed by atoms with Crippen molar-refractivity contribution in [1.29, 1.82) is 0 Å². The Morgan fingerprint density at radius 2 is 1.92 bits per heavy atom. The maximum Gasteiger partial charge on any atom is 0.459 e. The van der Waals surface area contributed by atoms with Crippen molar-refractivity contribution in [3.8, 4) is 18.6 Å². The Labute approximate surface area is 222 Å². The number of aliphatic hydroxyl groups excluding tert-OH is 1. The third-order valence-corrected chi connectivity index (χ3v) is 6.97. The average Bonchev–Trinajstić information content (AvgIpc) is 3.07. The van der Waals surface area contributed by atoms with Crippen molar-refractivity contribution in [2.45, 2.75) is 56.5 Å². The van der Waals surface area contributed by atoms with Gasteiger partial charge in [-0.3, -0.25) is 23.7 Å². The van der Waals surface area contributed by atoms with Crippen LogP contribution in [-0.2, 0) is 23.4 Å². The van der Waals surface area contributed by atoms with Crippen LogP contribution in [-0.4, -0.2) is 56.7 Å². The van der Waals surface area contributed by atoms with E-state index in [-0.39, 0.29) is 5.75 Å². The van der Waals surface area contributed by atoms with Gasteiger partial charge in [-0.2, -0.15) is 5.09 Å². The summed E-state index contributed by atoms with van der Waals surface area (Å²) >= 11 is 5.85. The molecule has 1 aromatic carbocycles. The Morgan fingerprint density at radius 1 is 1.29 bits per heavy atom. The van der Waals surface area contributed by atoms with Gasteiger partial charge < -0.3 is 19.1 Å². The van der Waals surface area contributed by atoms with E-state index in [0.717, 1.165) is 12.3 Å². The molecule has 3 rings (SSSR count). The number of carbonyl (C=O) groups excluding carboxylic acids is 1. The lowest BCUT2D eigenvalue weighted by Gasteiger charge is -2.25. The van der Waals surface area contributed by atoms with Crippen LogP contribution in [0, 0.1) is 12.8 Å². The summed E-state index contributed by atoms with van der Waals surface area (Å²) in [6.45, 7) is 3.93. The van der Waals surface area contributed by atoms with Crippen molar-refractivity contribution >= 4 is 25.3 Å². The summed E-state index contributed by atoms with van der Waals surface area (Å²) in [5.41, 5.74) is -1.76. The first-order chi connectivity index (χ1) is 17.8. The smallest absolute Gasteiger partial charge is 0.459 e. The van der Waals surface area contributed by atoms with E-state index < -0.39 is 67.3 Å². The number of esters is 1. The molecule has 0 spiro atoms. The number of para-hydroxylation sites is 1. The first-order valence-electron chi connectivity index (χ1n) is 11.2. The third-order valence-electron chi connectivity index (χ3n) is 4.92. The maximum atomic E-state index is 15.2. The van der Waals surface area contributed by atoms with Crippen LogP contribution in [0.15, 0.2) is 52.2 Å². The van der Waals surface area contributed by atoms with Gasteiger partial charge in [-0.1, -0.05) is 29.8 Å². The number of aromatic amines is 1. The molecule has 2 heterocycles. The Morgan fingerprint density at radius 3 is 2.50 bits per heavy atom. The van der Waals surface area contributed by atoms with E-state index in [9.17, 15) is 24.1 Å². The zero-order chi connectivity index (χ0) is 28.7. The number of nitrogens with one attached hydrogen (secondary N) is 2. The minimum absolute atomic E-state index is 0.125. The molecule has 1 fully saturated rings. The number of nitrogens with zero attached hydrogens (tertiary/aromatic N) is 1. The van der Waals surface area contributed by atoms with Gasteiger partial charge in [-0.25, -0.2) is 13.8 Å². The highest BCUT2D eigenvalue weighted by Gasteiger charge is 2.58. The molecule has 1 aromatic heterocycles. The van der Waals surface area contributed by atoms with Gasteiger partial charge in [0.1, 0.15) is 24.0 Å². The van der Waals surface area contributed by atoms with Crippen LogP contribution >= 0.6 is 19.3 Å². The summed E-state index contributed by atoms with van der Waals surface area (Å²) in [6, 6.07) is 7.68. The highest BCUT2D eigenvalue weighted by atomic mass is 35.5. The molecule has 15 heteroatoms. The van der Waals surface area contributed by atoms with Gasteiger partial charge >= 0.3 is 19.4 Å². The lowest BCUT2D eigenvalue weighted by Crippen LogP contribution is -2.42. The van der Waals surface area contributed by atoms with Crippen LogP contribution < -0.4 is 20.9 Å². The Hall–Kier alpha value is -2.98. The highest BCUT2D eigenvalue weighted by molar-refractivity contribution is 7.52. The number of hydrogen-bond donors (Lipinski definition) is 3. The fourth-order valence-corrected chi connectivity index (χ4v) is 5.02. The van der Waals surface area contributed by atoms with Crippen LogP contribution in [0.2, 0.25) is 0 Å². The third kappa shape index (κ3) is 7.77. The van der Waals surface area contributed by atoms with Gasteiger partial charge in [0.2, 0.25) is 0 Å². The van der Waals surface area contributed by atoms with Gasteiger partial charge in [0.15, 0.2) is 6.23 Å². The van der Waals surface area contributed by atoms with Gasteiger partial charge in [-0.05, 0) is 32.9 Å². The predicted octanol–water partition coefficient (Wildman–Crippen LogP) is 2.08. The molecule has 6 atom stereocenters. The number of benzene rings is 1. The lowest BCUT2D eigenvalue weighted by molar-refractivity contribution is -0.149. The molecule has 0 saturated carbocycles. The molecular weight excluding hydrogens is 548 g/mol. The normalized spacial score (nSPS) is 25.0. The Balaban J connectivity index is 0.00000247. The molecule has 1 unspecified atom stereocenters. The van der Waals surface area contributed by atoms with E-state index in [0.29, 0.717) is 4.57 Å². The number of alkyl halides is 2. The Bertz CT molecular complexity index is 1270. The molecule has 12 nitrogen and oxygen atoms in total. The molecule has 1 aliphatic rings. The maximum absolute atomic E-state index is 15.2. The van der Waals surface area contributed by atoms with Crippen molar-refractivity contribution in [2.24, 2.45) is 0 Å². The number of aliphatic hydroxyl groups is 1. The van der Waals surface area contributed by atoms with Gasteiger partial charge in [0.05, 0.1) is 12.7 Å². The quantitative estimate of drug-likeness (QED) is 0.166. The molecule has 1 saturated heterocycles. The predicted molar refractivity (Wildman–Crippen MR) is 135 cm³/mol. The van der Waals surface area contributed by atoms with Crippen LogP contribution in [0.5, 0.6) is 5.75 Å². The molecule has 208 valence electrons. The summed E-state index contributed by atoms with van der Waals surface area (Å²) in [7, 11) is -4.35. The van der Waals surface area contributed by atoms with Gasteiger partial charge in [-0.15, -0.1) is 12.8 Å². The van der Waals surface area contributed by atoms with E-state index in [2.05, 4.69) is 17.9 Å². The fourth-order valence-electron chi connectivity index (χ4n) is 3.22. The number of ether oxygens (including phenoxy) is 2. The summed E-state index contributed by atoms with van der Waals surface area (Å²) in [5, 5.41) is 9.86. The molecule has 38 heavy (non-hydrogen) atoms. The number of halogens is 2. The first-order valence-corrected chi connectivity index (χ1v) is 13.1. The summed E-state index contributed by atoms with van der Waals surface area (Å²) < 4.78 is 50.8. The molecule has 0 amide bonds. The molecule has 2 aromatic rings. The van der Waals surface area contributed by atoms with Crippen LogP contribution in [0.3, 0.4) is 0 Å². The molecular formula is C23H28ClFN3O9P. The van der Waals surface area contributed by atoms with E-state index >= 15 is 4.39 Å². The molecule has 1 aliphatic heterocycles.